The van der Waals surface area contributed by atoms with E-state index in [2.05, 4.69) is 0 Å². The summed E-state index contributed by atoms with van der Waals surface area (Å²) < 4.78 is 10.6. The first-order valence-electron chi connectivity index (χ1n) is 7.98. The van der Waals surface area contributed by atoms with Crippen LogP contribution in [-0.2, 0) is 7.80 Å². The number of carbonyl (C=O) groups excluding carboxylic acids is 1. The summed E-state index contributed by atoms with van der Waals surface area (Å²) >= 11 is 1.75. The Balaban J connectivity index is 2.36. The standard InChI is InChI=1S/C18H21IO6/c1-11-5-4-8-16(25-19)14(21)7-3-2-6-12-9-13(20)10-15(22)17(12)18(23)24-11/h2,4,6,8-11,14,16,20-22H,3,5,7H2,1H3/b6-2+,8-4+/t11-,14-,16+/m0/s1. The quantitative estimate of drug-likeness (QED) is 0.338. The third kappa shape index (κ3) is 5.45. The monoisotopic (exact) mass is 460 g/mol. The van der Waals surface area contributed by atoms with E-state index < -0.39 is 24.3 Å². The Morgan fingerprint density at radius 3 is 2.76 bits per heavy atom. The number of cyclic esters (lactones) is 1. The van der Waals surface area contributed by atoms with E-state index in [0.29, 0.717) is 24.8 Å². The molecule has 7 heteroatoms. The van der Waals surface area contributed by atoms with E-state index >= 15 is 0 Å². The summed E-state index contributed by atoms with van der Waals surface area (Å²) in [5.74, 6) is -1.14. The lowest BCUT2D eigenvalue weighted by Crippen LogP contribution is -2.24. The molecule has 1 aromatic rings. The summed E-state index contributed by atoms with van der Waals surface area (Å²) in [6.07, 6.45) is 6.83. The molecule has 0 amide bonds. The summed E-state index contributed by atoms with van der Waals surface area (Å²) in [4.78, 5) is 12.4. The highest BCUT2D eigenvalue weighted by atomic mass is 127. The second-order valence-electron chi connectivity index (χ2n) is 5.91. The number of allylic oxidation sites excluding steroid dienone is 1. The average Bonchev–Trinajstić information content (AvgIpc) is 2.53. The number of carbonyl (C=O) groups is 1. The minimum atomic E-state index is -0.671. The maximum atomic E-state index is 12.4. The van der Waals surface area contributed by atoms with Crippen LogP contribution in [0.3, 0.4) is 0 Å². The van der Waals surface area contributed by atoms with Crippen molar-refractivity contribution in [2.45, 2.75) is 44.5 Å². The molecule has 0 fully saturated rings. The zero-order valence-electron chi connectivity index (χ0n) is 13.8. The van der Waals surface area contributed by atoms with Crippen molar-refractivity contribution < 1.29 is 27.9 Å². The molecule has 1 aliphatic heterocycles. The molecule has 0 saturated heterocycles. The SMILES string of the molecule is C[C@H]1C/C=C/[C@@H](OI)[C@@H](O)CC/C=C/c2cc(O)cc(O)c2C(=O)O1. The number of fused-ring (bicyclic) bond motifs is 1. The van der Waals surface area contributed by atoms with Gasteiger partial charge in [-0.25, -0.2) is 4.79 Å². The third-order valence-corrected chi connectivity index (χ3v) is 4.43. The van der Waals surface area contributed by atoms with Gasteiger partial charge in [-0.15, -0.1) is 0 Å². The maximum Gasteiger partial charge on any atom is 0.342 e. The van der Waals surface area contributed by atoms with Gasteiger partial charge in [-0.1, -0.05) is 24.3 Å². The first-order chi connectivity index (χ1) is 11.9. The molecule has 0 unspecified atom stereocenters. The van der Waals surface area contributed by atoms with Crippen LogP contribution >= 0.6 is 23.0 Å². The number of phenolic OH excluding ortho intramolecular Hbond substituents is 2. The molecule has 3 atom stereocenters. The van der Waals surface area contributed by atoms with Crippen molar-refractivity contribution in [2.75, 3.05) is 0 Å². The molecule has 0 radical (unpaired) electrons. The zero-order chi connectivity index (χ0) is 18.4. The summed E-state index contributed by atoms with van der Waals surface area (Å²) in [7, 11) is 0. The lowest BCUT2D eigenvalue weighted by Gasteiger charge is -2.18. The van der Waals surface area contributed by atoms with Gasteiger partial charge in [0.2, 0.25) is 0 Å². The van der Waals surface area contributed by atoms with Gasteiger partial charge in [-0.2, -0.15) is 0 Å². The fourth-order valence-electron chi connectivity index (χ4n) is 2.54. The molecule has 1 heterocycles. The van der Waals surface area contributed by atoms with Crippen LogP contribution < -0.4 is 0 Å². The molecule has 2 rings (SSSR count). The first kappa shape index (κ1) is 19.7. The Kier molecular flexibility index (Phi) is 7.27. The predicted molar refractivity (Wildman–Crippen MR) is 102 cm³/mol. The second-order valence-corrected chi connectivity index (χ2v) is 6.42. The number of esters is 1. The largest absolute Gasteiger partial charge is 0.508 e. The number of aromatic hydroxyl groups is 2. The van der Waals surface area contributed by atoms with Gasteiger partial charge in [-0.3, -0.25) is 0 Å². The van der Waals surface area contributed by atoms with Crippen LogP contribution in [0, 0.1) is 0 Å². The smallest absolute Gasteiger partial charge is 0.342 e. The van der Waals surface area contributed by atoms with Gasteiger partial charge < -0.3 is 23.1 Å². The Morgan fingerprint density at radius 1 is 1.28 bits per heavy atom. The van der Waals surface area contributed by atoms with Crippen LogP contribution in [0.5, 0.6) is 11.5 Å². The minimum absolute atomic E-state index is 0.0101. The maximum absolute atomic E-state index is 12.4. The molecule has 136 valence electrons. The molecule has 0 spiro atoms. The Morgan fingerprint density at radius 2 is 2.04 bits per heavy atom. The Bertz CT molecular complexity index is 670. The van der Waals surface area contributed by atoms with E-state index in [9.17, 15) is 20.1 Å². The molecule has 0 bridgehead atoms. The van der Waals surface area contributed by atoms with Crippen molar-refractivity contribution in [1.82, 2.24) is 0 Å². The fourth-order valence-corrected chi connectivity index (χ4v) is 3.05. The molecule has 0 aliphatic carbocycles. The Hall–Kier alpha value is -1.58. The second kappa shape index (κ2) is 9.21. The molecule has 6 nitrogen and oxygen atoms in total. The molecule has 0 saturated carbocycles. The summed E-state index contributed by atoms with van der Waals surface area (Å²) in [6, 6.07) is 2.49. The minimum Gasteiger partial charge on any atom is -0.508 e. The van der Waals surface area contributed by atoms with Crippen molar-refractivity contribution in [3.05, 3.63) is 41.5 Å². The van der Waals surface area contributed by atoms with Gasteiger partial charge in [0.15, 0.2) is 0 Å². The summed E-state index contributed by atoms with van der Waals surface area (Å²) in [5, 5.41) is 29.9. The molecule has 1 aliphatic rings. The number of hydrogen-bond acceptors (Lipinski definition) is 6. The van der Waals surface area contributed by atoms with Crippen LogP contribution in [-0.4, -0.2) is 39.6 Å². The molecule has 25 heavy (non-hydrogen) atoms. The van der Waals surface area contributed by atoms with Crippen LogP contribution in [0.25, 0.3) is 6.08 Å². The third-order valence-electron chi connectivity index (χ3n) is 3.85. The van der Waals surface area contributed by atoms with Gasteiger partial charge in [0.05, 0.1) is 6.10 Å². The lowest BCUT2D eigenvalue weighted by molar-refractivity contribution is 0.0343. The number of ether oxygens (including phenoxy) is 1. The molecular weight excluding hydrogens is 439 g/mol. The van der Waals surface area contributed by atoms with Gasteiger partial charge in [-0.05, 0) is 31.4 Å². The van der Waals surface area contributed by atoms with Crippen LogP contribution in [0.15, 0.2) is 30.4 Å². The molecule has 1 aromatic carbocycles. The van der Waals surface area contributed by atoms with Gasteiger partial charge in [0.25, 0.3) is 0 Å². The Labute approximate surface area is 160 Å². The highest BCUT2D eigenvalue weighted by Crippen LogP contribution is 2.30. The predicted octanol–water partition coefficient (Wildman–Crippen LogP) is 3.49. The van der Waals surface area contributed by atoms with E-state index in [1.807, 2.05) is 0 Å². The molecule has 3 N–H and O–H groups in total. The number of aliphatic hydroxyl groups excluding tert-OH is 1. The van der Waals surface area contributed by atoms with E-state index in [1.165, 1.54) is 6.07 Å². The van der Waals surface area contributed by atoms with Gasteiger partial charge in [0, 0.05) is 12.5 Å². The lowest BCUT2D eigenvalue weighted by atomic mass is 10.0. The average molecular weight is 460 g/mol. The molecule has 0 aromatic heterocycles. The summed E-state index contributed by atoms with van der Waals surface area (Å²) in [5.41, 5.74) is 0.370. The van der Waals surface area contributed by atoms with Crippen molar-refractivity contribution in [2.24, 2.45) is 0 Å². The topological polar surface area (TPSA) is 96.2 Å². The molecular formula is C18H21IO6. The van der Waals surface area contributed by atoms with E-state index in [1.54, 1.807) is 54.2 Å². The van der Waals surface area contributed by atoms with Gasteiger partial charge >= 0.3 is 5.97 Å². The van der Waals surface area contributed by atoms with Crippen LogP contribution in [0.1, 0.15) is 42.1 Å². The zero-order valence-corrected chi connectivity index (χ0v) is 15.9. The van der Waals surface area contributed by atoms with Crippen LogP contribution in [0.2, 0.25) is 0 Å². The number of rotatable bonds is 1. The number of hydrogen-bond donors (Lipinski definition) is 3. The highest BCUT2D eigenvalue weighted by molar-refractivity contribution is 14.1. The number of halogens is 1. The van der Waals surface area contributed by atoms with Crippen molar-refractivity contribution >= 4 is 35.1 Å². The van der Waals surface area contributed by atoms with E-state index in [0.717, 1.165) is 6.07 Å². The van der Waals surface area contributed by atoms with E-state index in [4.69, 9.17) is 7.80 Å². The normalized spacial score (nSPS) is 27.6. The van der Waals surface area contributed by atoms with Gasteiger partial charge in [0.1, 0.15) is 52.3 Å². The number of aliphatic hydroxyl groups is 1. The number of phenols is 2. The summed E-state index contributed by atoms with van der Waals surface area (Å²) in [6.45, 7) is 1.73. The van der Waals surface area contributed by atoms with Crippen molar-refractivity contribution in [3.63, 3.8) is 0 Å². The fraction of sp³-hybridized carbons (Fsp3) is 0.389. The van der Waals surface area contributed by atoms with Crippen molar-refractivity contribution in [1.29, 1.82) is 0 Å². The number of benzene rings is 1. The van der Waals surface area contributed by atoms with E-state index in [-0.39, 0.29) is 17.1 Å². The van der Waals surface area contributed by atoms with Crippen molar-refractivity contribution in [3.8, 4) is 11.5 Å². The first-order valence-corrected chi connectivity index (χ1v) is 8.86. The van der Waals surface area contributed by atoms with Crippen LogP contribution in [0.4, 0.5) is 0 Å². The highest BCUT2D eigenvalue weighted by Gasteiger charge is 2.21.